The van der Waals surface area contributed by atoms with Crippen LogP contribution in [0.4, 0.5) is 0 Å². The van der Waals surface area contributed by atoms with Gasteiger partial charge in [-0.2, -0.15) is 0 Å². The number of nitrogens with one attached hydrogen (secondary N) is 1. The van der Waals surface area contributed by atoms with Crippen LogP contribution in [0.15, 0.2) is 0 Å². The van der Waals surface area contributed by atoms with Crippen molar-refractivity contribution in [2.45, 2.75) is 71.1 Å². The molecule has 2 heteroatoms. The van der Waals surface area contributed by atoms with Crippen LogP contribution in [0.3, 0.4) is 0 Å². The third-order valence-corrected chi connectivity index (χ3v) is 2.45. The van der Waals surface area contributed by atoms with Crippen molar-refractivity contribution in [3.8, 4) is 0 Å². The van der Waals surface area contributed by atoms with Gasteiger partial charge in [-0.3, -0.25) is 0 Å². The molecule has 0 aliphatic rings. The molecule has 1 N–H and O–H groups in total. The van der Waals surface area contributed by atoms with Gasteiger partial charge in [0.05, 0.1) is 0 Å². The van der Waals surface area contributed by atoms with Crippen LogP contribution in [-0.2, 0) is 0 Å². The van der Waals surface area contributed by atoms with Crippen molar-refractivity contribution in [3.63, 3.8) is 0 Å². The first kappa shape index (κ1) is 17.1. The van der Waals surface area contributed by atoms with Crippen LogP contribution in [-0.4, -0.2) is 35.8 Å². The molecule has 0 aliphatic carbocycles. The second-order valence-corrected chi connectivity index (χ2v) is 3.82. The molecule has 0 fully saturated rings. The molecule has 0 aliphatic heterocycles. The van der Waals surface area contributed by atoms with E-state index >= 15 is 0 Å². The van der Waals surface area contributed by atoms with Gasteiger partial charge in [-0.15, -0.1) is 0 Å². The van der Waals surface area contributed by atoms with E-state index in [1.165, 1.54) is 64.0 Å². The molecule has 0 aromatic rings. The first-order chi connectivity index (χ1) is 6.41. The van der Waals surface area contributed by atoms with Crippen LogP contribution >= 0.6 is 0 Å². The van der Waals surface area contributed by atoms with Gasteiger partial charge in [0, 0.05) is 0 Å². The molecule has 1 nitrogen and oxygen atoms in total. The Balaban J connectivity index is 0. The summed E-state index contributed by atoms with van der Waals surface area (Å²) in [7, 11) is 0. The first-order valence-corrected chi connectivity index (χ1v) is 5.90. The molecule has 0 radical (unpaired) electrons. The summed E-state index contributed by atoms with van der Waals surface area (Å²) in [6.07, 6.45) is 14.9. The Morgan fingerprint density at radius 2 is 1.21 bits per heavy atom. The standard InChI is InChI=1S/C12H25N.Na.H/c1-2-3-4-5-6-7-8-9-10-11-12-13;;/h12-13H,2-11H2,1H3;;. The van der Waals surface area contributed by atoms with Crippen molar-refractivity contribution in [2.75, 3.05) is 0 Å². The molecular weight excluding hydrogens is 181 g/mol. The van der Waals surface area contributed by atoms with Crippen molar-refractivity contribution < 1.29 is 0 Å². The predicted octanol–water partition coefficient (Wildman–Crippen LogP) is 3.91. The van der Waals surface area contributed by atoms with Gasteiger partial charge in [0.1, 0.15) is 0 Å². The molecule has 0 saturated carbocycles. The van der Waals surface area contributed by atoms with E-state index in [0.29, 0.717) is 0 Å². The van der Waals surface area contributed by atoms with Gasteiger partial charge in [0.15, 0.2) is 0 Å². The van der Waals surface area contributed by atoms with E-state index < -0.39 is 0 Å². The molecule has 0 amide bonds. The Morgan fingerprint density at radius 1 is 0.786 bits per heavy atom. The van der Waals surface area contributed by atoms with E-state index in [1.54, 1.807) is 0 Å². The SMILES string of the molecule is CCCCCCCCCCCC=N.[NaH]. The van der Waals surface area contributed by atoms with Gasteiger partial charge in [-0.05, 0) is 19.1 Å². The van der Waals surface area contributed by atoms with Gasteiger partial charge in [-0.25, -0.2) is 0 Å². The second-order valence-electron chi connectivity index (χ2n) is 3.82. The first-order valence-electron chi connectivity index (χ1n) is 5.90. The van der Waals surface area contributed by atoms with E-state index in [1.807, 2.05) is 0 Å². The Morgan fingerprint density at radius 3 is 1.64 bits per heavy atom. The van der Waals surface area contributed by atoms with Crippen LogP contribution in [0.2, 0.25) is 0 Å². The monoisotopic (exact) mass is 207 g/mol. The summed E-state index contributed by atoms with van der Waals surface area (Å²) < 4.78 is 0. The molecule has 0 aromatic heterocycles. The normalized spacial score (nSPS) is 9.50. The van der Waals surface area contributed by atoms with E-state index in [2.05, 4.69) is 6.92 Å². The Kier molecular flexibility index (Phi) is 19.7. The third-order valence-electron chi connectivity index (χ3n) is 2.45. The second kappa shape index (κ2) is 16.1. The van der Waals surface area contributed by atoms with Crippen LogP contribution in [0.5, 0.6) is 0 Å². The molecule has 0 bridgehead atoms. The van der Waals surface area contributed by atoms with E-state index in [0.717, 1.165) is 6.42 Å². The maximum atomic E-state index is 6.87. The van der Waals surface area contributed by atoms with Crippen molar-refractivity contribution in [1.82, 2.24) is 0 Å². The summed E-state index contributed by atoms with van der Waals surface area (Å²) in [5.74, 6) is 0. The quantitative estimate of drug-likeness (QED) is 0.319. The van der Waals surface area contributed by atoms with Crippen LogP contribution in [0.1, 0.15) is 71.1 Å². The average Bonchev–Trinajstić information content (AvgIpc) is 2.16. The fraction of sp³-hybridized carbons (Fsp3) is 0.917. The predicted molar refractivity (Wildman–Crippen MR) is 67.8 cm³/mol. The zero-order chi connectivity index (χ0) is 9.78. The molecule has 0 aromatic carbocycles. The summed E-state index contributed by atoms with van der Waals surface area (Å²) in [5.41, 5.74) is 0. The van der Waals surface area contributed by atoms with E-state index in [9.17, 15) is 0 Å². The van der Waals surface area contributed by atoms with Crippen LogP contribution in [0.25, 0.3) is 0 Å². The summed E-state index contributed by atoms with van der Waals surface area (Å²) in [6.45, 7) is 2.26. The van der Waals surface area contributed by atoms with E-state index in [4.69, 9.17) is 5.41 Å². The molecule has 0 spiro atoms. The summed E-state index contributed by atoms with van der Waals surface area (Å²) >= 11 is 0. The van der Waals surface area contributed by atoms with Crippen molar-refractivity contribution >= 4 is 35.8 Å². The Bertz CT molecular complexity index is 104. The van der Waals surface area contributed by atoms with Gasteiger partial charge in [0.2, 0.25) is 0 Å². The fourth-order valence-electron chi connectivity index (χ4n) is 1.56. The van der Waals surface area contributed by atoms with Crippen molar-refractivity contribution in [1.29, 1.82) is 5.41 Å². The van der Waals surface area contributed by atoms with Crippen molar-refractivity contribution in [3.05, 3.63) is 0 Å². The Labute approximate surface area is 112 Å². The molecule has 0 saturated heterocycles. The molecule has 0 atom stereocenters. The minimum atomic E-state index is 0. The fourth-order valence-corrected chi connectivity index (χ4v) is 1.56. The van der Waals surface area contributed by atoms with Gasteiger partial charge < -0.3 is 5.41 Å². The van der Waals surface area contributed by atoms with Crippen molar-refractivity contribution in [2.24, 2.45) is 0 Å². The molecular formula is C12H26NNa. The topological polar surface area (TPSA) is 23.9 Å². The molecule has 0 unspecified atom stereocenters. The molecule has 80 valence electrons. The summed E-state index contributed by atoms with van der Waals surface area (Å²) in [5, 5.41) is 6.87. The van der Waals surface area contributed by atoms with Gasteiger partial charge in [-0.1, -0.05) is 58.3 Å². The Hall–Kier alpha value is 0.670. The van der Waals surface area contributed by atoms with Crippen LogP contribution < -0.4 is 0 Å². The average molecular weight is 207 g/mol. The zero-order valence-electron chi connectivity index (χ0n) is 9.15. The number of hydrogen-bond donors (Lipinski definition) is 1. The number of rotatable bonds is 10. The molecule has 14 heavy (non-hydrogen) atoms. The van der Waals surface area contributed by atoms with Gasteiger partial charge >= 0.3 is 29.6 Å². The molecule has 0 rings (SSSR count). The third kappa shape index (κ3) is 15.2. The zero-order valence-corrected chi connectivity index (χ0v) is 9.15. The summed E-state index contributed by atoms with van der Waals surface area (Å²) in [4.78, 5) is 0. The number of unbranched alkanes of at least 4 members (excludes halogenated alkanes) is 9. The van der Waals surface area contributed by atoms with Gasteiger partial charge in [0.25, 0.3) is 0 Å². The number of hydrogen-bond acceptors (Lipinski definition) is 1. The molecule has 0 heterocycles. The maximum absolute atomic E-state index is 6.87. The minimum absolute atomic E-state index is 0. The van der Waals surface area contributed by atoms with Crippen LogP contribution in [0, 0.1) is 5.41 Å². The summed E-state index contributed by atoms with van der Waals surface area (Å²) in [6, 6.07) is 0. The van der Waals surface area contributed by atoms with E-state index in [-0.39, 0.29) is 29.6 Å².